The molecular weight excluding hydrogens is 380 g/mol. The summed E-state index contributed by atoms with van der Waals surface area (Å²) in [6.45, 7) is 6.02. The molecule has 0 saturated heterocycles. The Labute approximate surface area is 168 Å². The molecule has 0 radical (unpaired) electrons. The topological polar surface area (TPSA) is 58.6 Å². The highest BCUT2D eigenvalue weighted by molar-refractivity contribution is 7.98. The Balaban J connectivity index is 1.95. The van der Waals surface area contributed by atoms with E-state index in [-0.39, 0.29) is 11.9 Å². The van der Waals surface area contributed by atoms with Crippen molar-refractivity contribution in [2.75, 3.05) is 25.2 Å². The quantitative estimate of drug-likeness (QED) is 0.596. The summed E-state index contributed by atoms with van der Waals surface area (Å²) in [5, 5.41) is 3.55. The number of fused-ring (bicyclic) bond motifs is 1. The minimum atomic E-state index is -0.390. The molecule has 1 N–H and O–H groups in total. The Morgan fingerprint density at radius 2 is 2.04 bits per heavy atom. The average Bonchev–Trinajstić information content (AvgIpc) is 3.03. The normalized spacial score (nSPS) is 14.1. The molecular formula is C20H24N2O3S2. The molecule has 27 heavy (non-hydrogen) atoms. The lowest BCUT2D eigenvalue weighted by molar-refractivity contribution is 0.0600. The Morgan fingerprint density at radius 3 is 2.70 bits per heavy atom. The van der Waals surface area contributed by atoms with Crippen LogP contribution in [0.5, 0.6) is 0 Å². The number of rotatable bonds is 5. The van der Waals surface area contributed by atoms with E-state index in [2.05, 4.69) is 24.1 Å². The Hall–Kier alpha value is -1.83. The third kappa shape index (κ3) is 4.05. The van der Waals surface area contributed by atoms with E-state index >= 15 is 0 Å². The first-order valence-electron chi connectivity index (χ1n) is 8.87. The number of amides is 1. The van der Waals surface area contributed by atoms with Gasteiger partial charge in [0.2, 0.25) is 0 Å². The van der Waals surface area contributed by atoms with Gasteiger partial charge in [-0.15, -0.1) is 23.1 Å². The second kappa shape index (κ2) is 8.46. The SMILES string of the molecule is COC(=O)c1c(NC(=O)c2ccccc2SC)sc2c1CCN(C(C)C)C2. The molecule has 0 spiro atoms. The summed E-state index contributed by atoms with van der Waals surface area (Å²) in [4.78, 5) is 29.7. The summed E-state index contributed by atoms with van der Waals surface area (Å²) in [6.07, 6.45) is 2.72. The van der Waals surface area contributed by atoms with Crippen LogP contribution < -0.4 is 5.32 Å². The molecule has 1 amide bonds. The second-order valence-electron chi connectivity index (χ2n) is 6.67. The highest BCUT2D eigenvalue weighted by atomic mass is 32.2. The van der Waals surface area contributed by atoms with Crippen molar-refractivity contribution in [3.8, 4) is 0 Å². The molecule has 2 heterocycles. The van der Waals surface area contributed by atoms with Crippen LogP contribution in [0, 0.1) is 0 Å². The monoisotopic (exact) mass is 404 g/mol. The molecule has 3 rings (SSSR count). The fourth-order valence-corrected chi connectivity index (χ4v) is 5.12. The lowest BCUT2D eigenvalue weighted by atomic mass is 10.0. The predicted molar refractivity (Wildman–Crippen MR) is 111 cm³/mol. The number of carbonyl (C=O) groups is 2. The molecule has 0 unspecified atom stereocenters. The van der Waals surface area contributed by atoms with E-state index in [0.29, 0.717) is 22.2 Å². The maximum absolute atomic E-state index is 12.9. The van der Waals surface area contributed by atoms with Crippen LogP contribution >= 0.6 is 23.1 Å². The average molecular weight is 405 g/mol. The maximum atomic E-state index is 12.9. The number of hydrogen-bond donors (Lipinski definition) is 1. The lowest BCUT2D eigenvalue weighted by Gasteiger charge is -2.30. The number of carbonyl (C=O) groups excluding carboxylic acids is 2. The van der Waals surface area contributed by atoms with Gasteiger partial charge in [-0.2, -0.15) is 0 Å². The van der Waals surface area contributed by atoms with Crippen molar-refractivity contribution in [3.63, 3.8) is 0 Å². The molecule has 1 aliphatic rings. The largest absolute Gasteiger partial charge is 0.465 e. The molecule has 1 aliphatic heterocycles. The summed E-state index contributed by atoms with van der Waals surface area (Å²) >= 11 is 3.01. The Kier molecular flexibility index (Phi) is 6.24. The van der Waals surface area contributed by atoms with Gasteiger partial charge in [0.15, 0.2) is 0 Å². The van der Waals surface area contributed by atoms with Crippen LogP contribution in [0.25, 0.3) is 0 Å². The Morgan fingerprint density at radius 1 is 1.30 bits per heavy atom. The van der Waals surface area contributed by atoms with Crippen LogP contribution in [-0.4, -0.2) is 42.7 Å². The number of benzene rings is 1. The zero-order valence-electron chi connectivity index (χ0n) is 16.0. The van der Waals surface area contributed by atoms with E-state index in [1.165, 1.54) is 30.2 Å². The van der Waals surface area contributed by atoms with Crippen LogP contribution in [0.3, 0.4) is 0 Å². The molecule has 0 fully saturated rings. The Bertz CT molecular complexity index is 861. The summed E-state index contributed by atoms with van der Waals surface area (Å²) in [5.74, 6) is -0.594. The van der Waals surface area contributed by atoms with Gasteiger partial charge in [0, 0.05) is 28.9 Å². The first kappa shape index (κ1) is 19.9. The smallest absolute Gasteiger partial charge is 0.341 e. The van der Waals surface area contributed by atoms with Crippen LogP contribution in [0.1, 0.15) is 45.0 Å². The van der Waals surface area contributed by atoms with Gasteiger partial charge in [-0.1, -0.05) is 12.1 Å². The molecule has 0 aliphatic carbocycles. The van der Waals surface area contributed by atoms with E-state index in [1.54, 1.807) is 6.07 Å². The number of nitrogens with zero attached hydrogens (tertiary/aromatic N) is 1. The van der Waals surface area contributed by atoms with Gasteiger partial charge in [0.1, 0.15) is 5.00 Å². The minimum Gasteiger partial charge on any atom is -0.465 e. The highest BCUT2D eigenvalue weighted by Crippen LogP contribution is 2.38. The second-order valence-corrected chi connectivity index (χ2v) is 8.62. The molecule has 5 nitrogen and oxygen atoms in total. The van der Waals surface area contributed by atoms with Crippen LogP contribution in [-0.2, 0) is 17.7 Å². The minimum absolute atomic E-state index is 0.204. The van der Waals surface area contributed by atoms with Crippen molar-refractivity contribution < 1.29 is 14.3 Å². The molecule has 1 aromatic carbocycles. The molecule has 1 aromatic heterocycles. The van der Waals surface area contributed by atoms with Crippen molar-refractivity contribution >= 4 is 40.0 Å². The summed E-state index contributed by atoms with van der Waals surface area (Å²) < 4.78 is 5.01. The zero-order chi connectivity index (χ0) is 19.6. The number of nitrogens with one attached hydrogen (secondary N) is 1. The van der Waals surface area contributed by atoms with Crippen molar-refractivity contribution in [3.05, 3.63) is 45.8 Å². The summed E-state index contributed by atoms with van der Waals surface area (Å²) in [6, 6.07) is 7.91. The lowest BCUT2D eigenvalue weighted by Crippen LogP contribution is -2.35. The number of anilines is 1. The number of esters is 1. The van der Waals surface area contributed by atoms with E-state index in [4.69, 9.17) is 4.74 Å². The van der Waals surface area contributed by atoms with Gasteiger partial charge in [0.05, 0.1) is 18.2 Å². The standard InChI is InChI=1S/C20H24N2O3S2/c1-12(2)22-10-9-13-16(11-22)27-19(17(13)20(24)25-3)21-18(23)14-7-5-6-8-15(14)26-4/h5-8,12H,9-11H2,1-4H3,(H,21,23). The fourth-order valence-electron chi connectivity index (χ4n) is 3.27. The van der Waals surface area contributed by atoms with Crippen molar-refractivity contribution in [2.24, 2.45) is 0 Å². The molecule has 0 bridgehead atoms. The van der Waals surface area contributed by atoms with Gasteiger partial charge < -0.3 is 10.1 Å². The molecule has 2 aromatic rings. The number of thiophene rings is 1. The number of thioether (sulfide) groups is 1. The van der Waals surface area contributed by atoms with E-state index in [9.17, 15) is 9.59 Å². The van der Waals surface area contributed by atoms with Crippen LogP contribution in [0.15, 0.2) is 29.2 Å². The summed E-state index contributed by atoms with van der Waals surface area (Å²) in [7, 11) is 1.38. The zero-order valence-corrected chi connectivity index (χ0v) is 17.6. The van der Waals surface area contributed by atoms with Crippen molar-refractivity contribution in [1.29, 1.82) is 0 Å². The van der Waals surface area contributed by atoms with Gasteiger partial charge in [-0.25, -0.2) is 4.79 Å². The van der Waals surface area contributed by atoms with E-state index in [1.807, 2.05) is 24.5 Å². The summed E-state index contributed by atoms with van der Waals surface area (Å²) in [5.41, 5.74) is 2.13. The number of hydrogen-bond acceptors (Lipinski definition) is 6. The molecule has 0 saturated carbocycles. The van der Waals surface area contributed by atoms with Crippen LogP contribution in [0.4, 0.5) is 5.00 Å². The van der Waals surface area contributed by atoms with E-state index in [0.717, 1.165) is 34.8 Å². The molecule has 0 atom stereocenters. The number of ether oxygens (including phenoxy) is 1. The first-order valence-corrected chi connectivity index (χ1v) is 10.9. The molecule has 144 valence electrons. The van der Waals surface area contributed by atoms with Crippen molar-refractivity contribution in [1.82, 2.24) is 4.90 Å². The number of methoxy groups -OCH3 is 1. The van der Waals surface area contributed by atoms with Gasteiger partial charge in [-0.3, -0.25) is 9.69 Å². The van der Waals surface area contributed by atoms with Crippen molar-refractivity contribution in [2.45, 2.75) is 37.8 Å². The van der Waals surface area contributed by atoms with Crippen LogP contribution in [0.2, 0.25) is 0 Å². The first-order chi connectivity index (χ1) is 13.0. The van der Waals surface area contributed by atoms with Gasteiger partial charge >= 0.3 is 5.97 Å². The van der Waals surface area contributed by atoms with Gasteiger partial charge in [-0.05, 0) is 44.2 Å². The molecule has 7 heteroatoms. The van der Waals surface area contributed by atoms with Gasteiger partial charge in [0.25, 0.3) is 5.91 Å². The van der Waals surface area contributed by atoms with E-state index < -0.39 is 0 Å². The third-order valence-electron chi connectivity index (χ3n) is 4.78. The maximum Gasteiger partial charge on any atom is 0.341 e. The predicted octanol–water partition coefficient (Wildman–Crippen LogP) is 4.28. The highest BCUT2D eigenvalue weighted by Gasteiger charge is 2.30. The third-order valence-corrected chi connectivity index (χ3v) is 6.71. The fraction of sp³-hybridized carbons (Fsp3) is 0.400.